The smallest absolute Gasteiger partial charge is 0.410 e. The van der Waals surface area contributed by atoms with Crippen LogP contribution in [0.4, 0.5) is 4.79 Å². The highest BCUT2D eigenvalue weighted by atomic mass is 16.6. The normalized spacial score (nSPS) is 14.3. The van der Waals surface area contributed by atoms with Crippen LogP contribution < -0.4 is 0 Å². The summed E-state index contributed by atoms with van der Waals surface area (Å²) in [5.41, 5.74) is 5.38. The second-order valence-corrected chi connectivity index (χ2v) is 7.90. The summed E-state index contributed by atoms with van der Waals surface area (Å²) in [5.74, 6) is -1.52. The molecule has 0 radical (unpaired) electrons. The maximum atomic E-state index is 12.8. The molecule has 0 heterocycles. The molecular formula is C26H25NO4. The third-order valence-electron chi connectivity index (χ3n) is 6.09. The van der Waals surface area contributed by atoms with Gasteiger partial charge in [-0.05, 0) is 27.8 Å². The standard InChI is InChI=1S/C26H25NO4/c1-17(18-10-4-3-5-11-18)24(25(28)29)27(2)26(30)31-16-23-21-14-8-6-12-19(21)20-13-7-9-15-22(20)23/h3-15,17,23-24H,16H2,1-2H3,(H,28,29)/t17-,24-/m1/s1. The minimum Gasteiger partial charge on any atom is -0.480 e. The Hall–Kier alpha value is -3.60. The Morgan fingerprint density at radius 3 is 1.97 bits per heavy atom. The summed E-state index contributed by atoms with van der Waals surface area (Å²) in [7, 11) is 1.48. The molecule has 1 aliphatic rings. The van der Waals surface area contributed by atoms with Crippen LogP contribution in [0.25, 0.3) is 11.1 Å². The molecule has 5 heteroatoms. The average molecular weight is 415 g/mol. The van der Waals surface area contributed by atoms with Crippen LogP contribution in [0.15, 0.2) is 78.9 Å². The predicted molar refractivity (Wildman–Crippen MR) is 119 cm³/mol. The van der Waals surface area contributed by atoms with E-state index in [0.29, 0.717) is 0 Å². The topological polar surface area (TPSA) is 66.8 Å². The number of carbonyl (C=O) groups is 2. The fourth-order valence-corrected chi connectivity index (χ4v) is 4.46. The molecular weight excluding hydrogens is 390 g/mol. The van der Waals surface area contributed by atoms with Gasteiger partial charge in [-0.25, -0.2) is 9.59 Å². The van der Waals surface area contributed by atoms with E-state index < -0.39 is 18.1 Å². The Morgan fingerprint density at radius 1 is 0.903 bits per heavy atom. The Labute approximate surface area is 181 Å². The Bertz CT molecular complexity index is 1050. The van der Waals surface area contributed by atoms with Gasteiger partial charge in [0, 0.05) is 18.9 Å². The van der Waals surface area contributed by atoms with Crippen LogP contribution in [0.3, 0.4) is 0 Å². The number of carboxylic acid groups (broad SMARTS) is 1. The van der Waals surface area contributed by atoms with Crippen molar-refractivity contribution in [3.8, 4) is 11.1 Å². The first-order valence-electron chi connectivity index (χ1n) is 10.3. The fourth-order valence-electron chi connectivity index (χ4n) is 4.46. The zero-order chi connectivity index (χ0) is 22.0. The molecule has 0 bridgehead atoms. The van der Waals surface area contributed by atoms with E-state index in [2.05, 4.69) is 24.3 Å². The Balaban J connectivity index is 1.51. The second kappa shape index (κ2) is 8.64. The minimum atomic E-state index is -1.06. The van der Waals surface area contributed by atoms with Crippen molar-refractivity contribution >= 4 is 12.1 Å². The van der Waals surface area contributed by atoms with Gasteiger partial charge < -0.3 is 9.84 Å². The average Bonchev–Trinajstić information content (AvgIpc) is 3.11. The molecule has 0 unspecified atom stereocenters. The highest BCUT2D eigenvalue weighted by Gasteiger charge is 2.35. The van der Waals surface area contributed by atoms with Gasteiger partial charge in [-0.15, -0.1) is 0 Å². The summed E-state index contributed by atoms with van der Waals surface area (Å²) >= 11 is 0. The van der Waals surface area contributed by atoms with Crippen molar-refractivity contribution in [1.29, 1.82) is 0 Å². The van der Waals surface area contributed by atoms with E-state index in [1.807, 2.05) is 54.6 Å². The summed E-state index contributed by atoms with van der Waals surface area (Å²) in [6, 6.07) is 24.5. The van der Waals surface area contributed by atoms with Gasteiger partial charge in [0.25, 0.3) is 0 Å². The highest BCUT2D eigenvalue weighted by Crippen LogP contribution is 2.44. The van der Waals surface area contributed by atoms with Crippen LogP contribution in [0.5, 0.6) is 0 Å². The van der Waals surface area contributed by atoms with Crippen LogP contribution in [0.2, 0.25) is 0 Å². The van der Waals surface area contributed by atoms with Crippen LogP contribution in [-0.4, -0.2) is 41.8 Å². The molecule has 0 aliphatic heterocycles. The van der Waals surface area contributed by atoms with E-state index in [-0.39, 0.29) is 18.4 Å². The van der Waals surface area contributed by atoms with Crippen LogP contribution in [0.1, 0.15) is 35.4 Å². The maximum absolute atomic E-state index is 12.8. The summed E-state index contributed by atoms with van der Waals surface area (Å²) in [6.45, 7) is 1.96. The summed E-state index contributed by atoms with van der Waals surface area (Å²) in [5, 5.41) is 9.81. The van der Waals surface area contributed by atoms with Crippen molar-refractivity contribution in [2.75, 3.05) is 13.7 Å². The summed E-state index contributed by atoms with van der Waals surface area (Å²) in [6.07, 6.45) is -0.642. The maximum Gasteiger partial charge on any atom is 0.410 e. The van der Waals surface area contributed by atoms with Gasteiger partial charge in [-0.2, -0.15) is 0 Å². The number of aliphatic carboxylic acids is 1. The molecule has 0 saturated heterocycles. The molecule has 0 fully saturated rings. The van der Waals surface area contributed by atoms with Crippen molar-refractivity contribution < 1.29 is 19.4 Å². The van der Waals surface area contributed by atoms with Crippen molar-refractivity contribution in [3.63, 3.8) is 0 Å². The third kappa shape index (κ3) is 3.91. The van der Waals surface area contributed by atoms with Crippen LogP contribution >= 0.6 is 0 Å². The van der Waals surface area contributed by atoms with E-state index in [0.717, 1.165) is 27.8 Å². The van der Waals surface area contributed by atoms with Gasteiger partial charge >= 0.3 is 12.1 Å². The number of rotatable bonds is 6. The first-order chi connectivity index (χ1) is 15.0. The molecule has 3 aromatic carbocycles. The predicted octanol–water partition coefficient (Wildman–Crippen LogP) is 5.12. The molecule has 4 rings (SSSR count). The molecule has 31 heavy (non-hydrogen) atoms. The molecule has 0 spiro atoms. The number of ether oxygens (including phenoxy) is 1. The zero-order valence-corrected chi connectivity index (χ0v) is 17.6. The SMILES string of the molecule is C[C@H](c1ccccc1)[C@H](C(=O)O)N(C)C(=O)OCC1c2ccccc2-c2ccccc21. The molecule has 3 aromatic rings. The number of carbonyl (C=O) groups excluding carboxylic acids is 1. The van der Waals surface area contributed by atoms with E-state index in [4.69, 9.17) is 4.74 Å². The first-order valence-corrected chi connectivity index (χ1v) is 10.3. The highest BCUT2D eigenvalue weighted by molar-refractivity contribution is 5.81. The monoisotopic (exact) mass is 415 g/mol. The fraction of sp³-hybridized carbons (Fsp3) is 0.231. The lowest BCUT2D eigenvalue weighted by Gasteiger charge is -2.29. The number of nitrogens with zero attached hydrogens (tertiary/aromatic N) is 1. The first kappa shape index (κ1) is 20.7. The third-order valence-corrected chi connectivity index (χ3v) is 6.09. The number of benzene rings is 3. The minimum absolute atomic E-state index is 0.0698. The number of amides is 1. The molecule has 1 aliphatic carbocycles. The second-order valence-electron chi connectivity index (χ2n) is 7.90. The number of carboxylic acids is 1. The summed E-state index contributed by atoms with van der Waals surface area (Å²) in [4.78, 5) is 26.0. The quantitative estimate of drug-likeness (QED) is 0.606. The molecule has 158 valence electrons. The Kier molecular flexibility index (Phi) is 5.76. The molecule has 1 amide bonds. The van der Waals surface area contributed by atoms with Crippen molar-refractivity contribution in [2.24, 2.45) is 0 Å². The number of hydrogen-bond donors (Lipinski definition) is 1. The van der Waals surface area contributed by atoms with E-state index in [1.165, 1.54) is 11.9 Å². The van der Waals surface area contributed by atoms with Crippen LogP contribution in [0, 0.1) is 0 Å². The molecule has 0 saturated carbocycles. The van der Waals surface area contributed by atoms with Gasteiger partial charge in [-0.1, -0.05) is 85.8 Å². The van der Waals surface area contributed by atoms with E-state index in [1.54, 1.807) is 6.92 Å². The summed E-state index contributed by atoms with van der Waals surface area (Å²) < 4.78 is 5.64. The molecule has 2 atom stereocenters. The van der Waals surface area contributed by atoms with E-state index >= 15 is 0 Å². The number of likely N-dealkylation sites (N-methyl/N-ethyl adjacent to an activating group) is 1. The van der Waals surface area contributed by atoms with Gasteiger partial charge in [-0.3, -0.25) is 4.90 Å². The van der Waals surface area contributed by atoms with E-state index in [9.17, 15) is 14.7 Å². The molecule has 0 aromatic heterocycles. The lowest BCUT2D eigenvalue weighted by atomic mass is 9.92. The molecule has 5 nitrogen and oxygen atoms in total. The van der Waals surface area contributed by atoms with Gasteiger partial charge in [0.05, 0.1) is 0 Å². The number of hydrogen-bond acceptors (Lipinski definition) is 3. The zero-order valence-electron chi connectivity index (χ0n) is 17.6. The lowest BCUT2D eigenvalue weighted by molar-refractivity contribution is -0.143. The van der Waals surface area contributed by atoms with Gasteiger partial charge in [0.2, 0.25) is 0 Å². The van der Waals surface area contributed by atoms with Crippen molar-refractivity contribution in [3.05, 3.63) is 95.6 Å². The lowest BCUT2D eigenvalue weighted by Crippen LogP contribution is -2.46. The largest absolute Gasteiger partial charge is 0.480 e. The van der Waals surface area contributed by atoms with Crippen LogP contribution in [-0.2, 0) is 9.53 Å². The van der Waals surface area contributed by atoms with Gasteiger partial charge in [0.1, 0.15) is 12.6 Å². The van der Waals surface area contributed by atoms with Gasteiger partial charge in [0.15, 0.2) is 0 Å². The molecule has 1 N–H and O–H groups in total. The Morgan fingerprint density at radius 2 is 1.42 bits per heavy atom. The van der Waals surface area contributed by atoms with Crippen molar-refractivity contribution in [2.45, 2.75) is 24.8 Å². The van der Waals surface area contributed by atoms with Crippen molar-refractivity contribution in [1.82, 2.24) is 4.90 Å². The number of fused-ring (bicyclic) bond motifs is 3.